The number of likely N-dealkylation sites (tertiary alicyclic amines) is 1. The van der Waals surface area contributed by atoms with Crippen LogP contribution in [-0.4, -0.2) is 60.1 Å². The van der Waals surface area contributed by atoms with Crippen molar-refractivity contribution in [2.75, 3.05) is 27.2 Å². The quantitative estimate of drug-likeness (QED) is 0.629. The smallest absolute Gasteiger partial charge is 0.257 e. The zero-order valence-corrected chi connectivity index (χ0v) is 18.0. The summed E-state index contributed by atoms with van der Waals surface area (Å²) in [4.78, 5) is 20.9. The Morgan fingerprint density at radius 2 is 2.00 bits per heavy atom. The molecule has 0 spiro atoms. The first-order valence-electron chi connectivity index (χ1n) is 10.6. The molecule has 164 valence electrons. The van der Waals surface area contributed by atoms with E-state index in [0.29, 0.717) is 36.5 Å². The molecule has 1 aromatic heterocycles. The molecule has 2 aliphatic rings. The minimum Gasteiger partial charge on any atom is -0.497 e. The molecule has 0 N–H and O–H groups in total. The highest BCUT2D eigenvalue weighted by molar-refractivity contribution is 5.98. The maximum absolute atomic E-state index is 14.1. The highest BCUT2D eigenvalue weighted by Crippen LogP contribution is 2.35. The Morgan fingerprint density at radius 3 is 2.81 bits per heavy atom. The molecule has 1 amide bonds. The van der Waals surface area contributed by atoms with Crippen LogP contribution in [0.25, 0.3) is 11.1 Å². The third-order valence-electron chi connectivity index (χ3n) is 6.27. The van der Waals surface area contributed by atoms with E-state index in [1.54, 1.807) is 24.3 Å². The van der Waals surface area contributed by atoms with Crippen molar-refractivity contribution in [3.8, 4) is 22.6 Å². The predicted molar refractivity (Wildman–Crippen MR) is 118 cm³/mol. The largest absolute Gasteiger partial charge is 0.497 e. The van der Waals surface area contributed by atoms with E-state index in [-0.39, 0.29) is 23.9 Å². The highest BCUT2D eigenvalue weighted by Gasteiger charge is 2.42. The van der Waals surface area contributed by atoms with Crippen LogP contribution in [0.5, 0.6) is 11.5 Å². The van der Waals surface area contributed by atoms with Gasteiger partial charge < -0.3 is 14.4 Å². The van der Waals surface area contributed by atoms with Gasteiger partial charge in [-0.05, 0) is 41.5 Å². The molecule has 1 saturated heterocycles. The fourth-order valence-corrected chi connectivity index (χ4v) is 4.51. The third-order valence-corrected chi connectivity index (χ3v) is 6.27. The van der Waals surface area contributed by atoms with Gasteiger partial charge in [-0.25, -0.2) is 4.39 Å². The Hall–Kier alpha value is -3.45. The van der Waals surface area contributed by atoms with Crippen LogP contribution in [0, 0.1) is 5.82 Å². The summed E-state index contributed by atoms with van der Waals surface area (Å²) in [7, 11) is 3.45. The lowest BCUT2D eigenvalue weighted by Gasteiger charge is -2.25. The van der Waals surface area contributed by atoms with Crippen molar-refractivity contribution in [2.24, 2.45) is 0 Å². The average Bonchev–Trinajstić information content (AvgIpc) is 3.18. The molecular formula is C25H24FN3O3. The van der Waals surface area contributed by atoms with Crippen molar-refractivity contribution in [1.29, 1.82) is 0 Å². The zero-order valence-electron chi connectivity index (χ0n) is 18.0. The fourth-order valence-electron chi connectivity index (χ4n) is 4.51. The number of hydrogen-bond acceptors (Lipinski definition) is 5. The molecule has 0 saturated carbocycles. The van der Waals surface area contributed by atoms with E-state index in [9.17, 15) is 9.18 Å². The molecule has 6 nitrogen and oxygen atoms in total. The molecule has 0 radical (unpaired) electrons. The predicted octanol–water partition coefficient (Wildman–Crippen LogP) is 3.61. The molecule has 2 aliphatic heterocycles. The van der Waals surface area contributed by atoms with Crippen molar-refractivity contribution >= 4 is 5.91 Å². The van der Waals surface area contributed by atoms with Crippen molar-refractivity contribution in [3.05, 3.63) is 77.9 Å². The Morgan fingerprint density at radius 1 is 1.16 bits per heavy atom. The van der Waals surface area contributed by atoms with Crippen LogP contribution < -0.4 is 9.47 Å². The maximum atomic E-state index is 14.1. The normalized spacial score (nSPS) is 20.3. The number of carbonyl (C=O) groups is 1. The fraction of sp³-hybridized carbons (Fsp3) is 0.280. The highest BCUT2D eigenvalue weighted by atomic mass is 19.1. The van der Waals surface area contributed by atoms with Gasteiger partial charge in [0, 0.05) is 38.4 Å². The number of hydrogen-bond donors (Lipinski definition) is 0. The minimum atomic E-state index is -0.321. The number of halogens is 1. The molecule has 0 unspecified atom stereocenters. The number of rotatable bonds is 4. The van der Waals surface area contributed by atoms with Gasteiger partial charge in [0.2, 0.25) is 0 Å². The second kappa shape index (κ2) is 8.24. The van der Waals surface area contributed by atoms with Crippen LogP contribution >= 0.6 is 0 Å². The van der Waals surface area contributed by atoms with E-state index in [4.69, 9.17) is 9.47 Å². The molecule has 5 rings (SSSR count). The van der Waals surface area contributed by atoms with E-state index >= 15 is 0 Å². The molecular weight excluding hydrogens is 409 g/mol. The van der Waals surface area contributed by atoms with Crippen molar-refractivity contribution in [3.63, 3.8) is 0 Å². The Bertz CT molecular complexity index is 1170. The van der Waals surface area contributed by atoms with Gasteiger partial charge in [-0.2, -0.15) is 0 Å². The molecule has 2 atom stereocenters. The van der Waals surface area contributed by atoms with Crippen LogP contribution in [0.3, 0.4) is 0 Å². The lowest BCUT2D eigenvalue weighted by Crippen LogP contribution is -2.44. The van der Waals surface area contributed by atoms with Crippen LogP contribution in [0.2, 0.25) is 0 Å². The van der Waals surface area contributed by atoms with E-state index in [0.717, 1.165) is 16.9 Å². The molecule has 32 heavy (non-hydrogen) atoms. The van der Waals surface area contributed by atoms with E-state index in [1.807, 2.05) is 49.5 Å². The average molecular weight is 433 g/mol. The lowest BCUT2D eigenvalue weighted by molar-refractivity contribution is 0.0682. The monoisotopic (exact) mass is 433 g/mol. The molecule has 1 fully saturated rings. The van der Waals surface area contributed by atoms with Crippen LogP contribution in [0.4, 0.5) is 4.39 Å². The van der Waals surface area contributed by atoms with Gasteiger partial charge in [0.1, 0.15) is 23.4 Å². The number of aromatic nitrogens is 1. The molecule has 7 heteroatoms. The summed E-state index contributed by atoms with van der Waals surface area (Å²) in [5, 5.41) is 0. The van der Waals surface area contributed by atoms with Crippen LogP contribution in [-0.2, 0) is 6.54 Å². The van der Waals surface area contributed by atoms with Gasteiger partial charge in [-0.1, -0.05) is 18.2 Å². The number of carbonyl (C=O) groups excluding carboxylic acids is 1. The second-order valence-corrected chi connectivity index (χ2v) is 8.24. The standard InChI is InChI=1S/C25H24FN3O3/c1-28-22-14-29(13-18-8-9-27-12-21(18)26)15-24(22)32-23-11-17(6-7-20(23)25(28)30)16-4-3-5-19(10-16)31-2/h3-12,22,24H,13-15H2,1-2H3/t22-,24+/m1/s1. The number of ether oxygens (including phenoxy) is 2. The summed E-state index contributed by atoms with van der Waals surface area (Å²) in [6, 6.07) is 15.0. The zero-order chi connectivity index (χ0) is 22.2. The molecule has 3 aromatic rings. The van der Waals surface area contributed by atoms with Crippen molar-refractivity contribution in [1.82, 2.24) is 14.8 Å². The van der Waals surface area contributed by atoms with Gasteiger partial charge in [-0.3, -0.25) is 14.7 Å². The molecule has 0 aliphatic carbocycles. The van der Waals surface area contributed by atoms with Gasteiger partial charge >= 0.3 is 0 Å². The van der Waals surface area contributed by atoms with Crippen LogP contribution in [0.15, 0.2) is 60.9 Å². The first-order chi connectivity index (χ1) is 15.5. The van der Waals surface area contributed by atoms with Crippen LogP contribution in [0.1, 0.15) is 15.9 Å². The summed E-state index contributed by atoms with van der Waals surface area (Å²) in [6.45, 7) is 1.67. The second-order valence-electron chi connectivity index (χ2n) is 8.24. The van der Waals surface area contributed by atoms with E-state index in [1.165, 1.54) is 6.20 Å². The number of nitrogens with zero attached hydrogens (tertiary/aromatic N) is 3. The van der Waals surface area contributed by atoms with E-state index in [2.05, 4.69) is 9.88 Å². The first kappa shape index (κ1) is 20.5. The number of benzene rings is 2. The topological polar surface area (TPSA) is 54.9 Å². The molecule has 2 aromatic carbocycles. The van der Waals surface area contributed by atoms with Gasteiger partial charge in [-0.15, -0.1) is 0 Å². The minimum absolute atomic E-state index is 0.0679. The Labute approximate surface area is 186 Å². The third kappa shape index (κ3) is 3.69. The number of likely N-dealkylation sites (N-methyl/N-ethyl adjacent to an activating group) is 1. The van der Waals surface area contributed by atoms with Gasteiger partial charge in [0.25, 0.3) is 5.91 Å². The van der Waals surface area contributed by atoms with Crippen molar-refractivity contribution in [2.45, 2.75) is 18.7 Å². The number of methoxy groups -OCH3 is 1. The lowest BCUT2D eigenvalue weighted by atomic mass is 10.0. The van der Waals surface area contributed by atoms with Gasteiger partial charge in [0.05, 0.1) is 24.9 Å². The summed E-state index contributed by atoms with van der Waals surface area (Å²) in [5.41, 5.74) is 3.08. The molecule has 3 heterocycles. The number of amides is 1. The Kier molecular flexibility index (Phi) is 5.27. The summed E-state index contributed by atoms with van der Waals surface area (Å²) >= 11 is 0. The first-order valence-corrected chi connectivity index (χ1v) is 10.6. The summed E-state index contributed by atoms with van der Waals surface area (Å²) in [5.74, 6) is 0.954. The molecule has 0 bridgehead atoms. The number of pyridine rings is 1. The maximum Gasteiger partial charge on any atom is 0.257 e. The SMILES string of the molecule is COc1cccc(-c2ccc3c(c2)O[C@H]2CN(Cc4ccncc4F)C[C@H]2N(C)C3=O)c1. The van der Waals surface area contributed by atoms with Crippen molar-refractivity contribution < 1.29 is 18.7 Å². The van der Waals surface area contributed by atoms with E-state index < -0.39 is 0 Å². The Balaban J connectivity index is 1.43. The summed E-state index contributed by atoms with van der Waals surface area (Å²) < 4.78 is 25.8. The van der Waals surface area contributed by atoms with Gasteiger partial charge in [0.15, 0.2) is 0 Å². The summed E-state index contributed by atoms with van der Waals surface area (Å²) in [6.07, 6.45) is 2.62. The number of fused-ring (bicyclic) bond motifs is 2.